The Bertz CT molecular complexity index is 1380. The highest BCUT2D eigenvalue weighted by molar-refractivity contribution is 5.89. The number of carbonyl (C=O) groups excluding carboxylic acids is 1. The van der Waals surface area contributed by atoms with Gasteiger partial charge in [0, 0.05) is 47.3 Å². The second-order valence-electron chi connectivity index (χ2n) is 9.71. The summed E-state index contributed by atoms with van der Waals surface area (Å²) in [5, 5.41) is 4.15. The molecule has 210 valence electrons. The fraction of sp³-hybridized carbons (Fsp3) is 0.400. The minimum atomic E-state index is -4.82. The second kappa shape index (κ2) is 12.0. The number of carbonyl (C=O) groups is 1. The van der Waals surface area contributed by atoms with Crippen molar-refractivity contribution in [3.63, 3.8) is 0 Å². The Morgan fingerprint density at radius 2 is 1.80 bits per heavy atom. The van der Waals surface area contributed by atoms with Crippen molar-refractivity contribution in [2.45, 2.75) is 57.6 Å². The van der Waals surface area contributed by atoms with Crippen molar-refractivity contribution in [1.29, 1.82) is 0 Å². The lowest BCUT2D eigenvalue weighted by molar-refractivity contribution is -0.274. The van der Waals surface area contributed by atoms with Gasteiger partial charge in [-0.1, -0.05) is 23.2 Å². The third-order valence-corrected chi connectivity index (χ3v) is 6.86. The molecule has 0 atom stereocenters. The van der Waals surface area contributed by atoms with Crippen LogP contribution in [0.4, 0.5) is 18.9 Å². The van der Waals surface area contributed by atoms with E-state index in [9.17, 15) is 18.0 Å². The maximum Gasteiger partial charge on any atom is 0.573 e. The number of rotatable bonds is 8. The van der Waals surface area contributed by atoms with Gasteiger partial charge >= 0.3 is 12.3 Å². The largest absolute Gasteiger partial charge is 0.573 e. The molecule has 1 aliphatic carbocycles. The van der Waals surface area contributed by atoms with E-state index < -0.39 is 12.3 Å². The molecule has 1 saturated carbocycles. The Morgan fingerprint density at radius 3 is 2.48 bits per heavy atom. The molecule has 2 heterocycles. The number of nitrogens with zero attached hydrogens (tertiary/aromatic N) is 2. The number of esters is 1. The SMILES string of the molecule is CCOC(=O)C#Cc1ccc(N2CCC(OCc3c(-c4ccccc4OC(F)(F)F)noc3C3CC3)CC2)cc1. The number of aromatic nitrogens is 1. The molecular weight excluding hydrogens is 525 g/mol. The fourth-order valence-electron chi connectivity index (χ4n) is 4.74. The maximum absolute atomic E-state index is 13.0. The number of ether oxygens (including phenoxy) is 3. The number of anilines is 1. The monoisotopic (exact) mass is 554 g/mol. The zero-order chi connectivity index (χ0) is 28.1. The van der Waals surface area contributed by atoms with Crippen LogP contribution >= 0.6 is 0 Å². The smallest absolute Gasteiger partial charge is 0.456 e. The number of benzene rings is 2. The molecule has 0 spiro atoms. The standard InChI is InChI=1S/C30H29F3N2O5/c1-2-37-27(36)14-9-20-7-12-22(13-8-20)35-17-15-23(16-18-35)38-19-25-28(34-40-29(25)21-10-11-21)24-5-3-4-6-26(24)39-30(31,32)33/h3-8,12-13,21,23H,2,10-11,15-19H2,1H3. The molecular formula is C30H29F3N2O5. The van der Waals surface area contributed by atoms with Gasteiger partial charge < -0.3 is 23.6 Å². The molecule has 1 saturated heterocycles. The van der Waals surface area contributed by atoms with Crippen LogP contribution in [0.5, 0.6) is 5.75 Å². The summed E-state index contributed by atoms with van der Waals surface area (Å²) < 4.78 is 60.0. The van der Waals surface area contributed by atoms with Crippen molar-refractivity contribution >= 4 is 11.7 Å². The van der Waals surface area contributed by atoms with Gasteiger partial charge in [0.25, 0.3) is 0 Å². The molecule has 0 N–H and O–H groups in total. The first-order valence-corrected chi connectivity index (χ1v) is 13.3. The number of hydrogen-bond donors (Lipinski definition) is 0. The number of piperidine rings is 1. The van der Waals surface area contributed by atoms with E-state index in [1.165, 1.54) is 12.1 Å². The molecule has 2 aromatic carbocycles. The van der Waals surface area contributed by atoms with E-state index in [2.05, 4.69) is 26.6 Å². The summed E-state index contributed by atoms with van der Waals surface area (Å²) in [6.07, 6.45) is -1.35. The van der Waals surface area contributed by atoms with E-state index >= 15 is 0 Å². The van der Waals surface area contributed by atoms with E-state index in [-0.39, 0.29) is 29.9 Å². The third kappa shape index (κ3) is 6.96. The number of hydrogen-bond acceptors (Lipinski definition) is 7. The van der Waals surface area contributed by atoms with E-state index in [4.69, 9.17) is 14.0 Å². The van der Waals surface area contributed by atoms with Gasteiger partial charge in [0.05, 0.1) is 19.3 Å². The first-order chi connectivity index (χ1) is 19.3. The van der Waals surface area contributed by atoms with Gasteiger partial charge in [0.2, 0.25) is 0 Å². The average molecular weight is 555 g/mol. The Hall–Kier alpha value is -3.97. The van der Waals surface area contributed by atoms with Gasteiger partial charge in [0.1, 0.15) is 17.2 Å². The van der Waals surface area contributed by atoms with Crippen LogP contribution in [-0.4, -0.2) is 43.3 Å². The third-order valence-electron chi connectivity index (χ3n) is 6.86. The van der Waals surface area contributed by atoms with Crippen LogP contribution in [-0.2, 0) is 20.9 Å². The highest BCUT2D eigenvalue weighted by Crippen LogP contribution is 2.45. The predicted molar refractivity (Wildman–Crippen MR) is 141 cm³/mol. The minimum Gasteiger partial charge on any atom is -0.456 e. The Kier molecular flexibility index (Phi) is 8.31. The normalized spacial score (nSPS) is 15.8. The Balaban J connectivity index is 1.22. The highest BCUT2D eigenvalue weighted by Gasteiger charge is 2.36. The quantitative estimate of drug-likeness (QED) is 0.242. The van der Waals surface area contributed by atoms with Crippen molar-refractivity contribution in [3.8, 4) is 28.8 Å². The molecule has 3 aromatic rings. The molecule has 2 aliphatic rings. The summed E-state index contributed by atoms with van der Waals surface area (Å²) in [5.41, 5.74) is 3.01. The van der Waals surface area contributed by atoms with Crippen LogP contribution < -0.4 is 9.64 Å². The van der Waals surface area contributed by atoms with Crippen LogP contribution in [0.1, 0.15) is 55.4 Å². The lowest BCUT2D eigenvalue weighted by Crippen LogP contribution is -2.37. The second-order valence-corrected chi connectivity index (χ2v) is 9.71. The van der Waals surface area contributed by atoms with Crippen molar-refractivity contribution < 1.29 is 36.7 Å². The van der Waals surface area contributed by atoms with Crippen LogP contribution in [0.2, 0.25) is 0 Å². The summed E-state index contributed by atoms with van der Waals surface area (Å²) in [6, 6.07) is 13.6. The van der Waals surface area contributed by atoms with E-state index in [0.717, 1.165) is 50.0 Å². The molecule has 40 heavy (non-hydrogen) atoms. The summed E-state index contributed by atoms with van der Waals surface area (Å²) >= 11 is 0. The molecule has 1 aromatic heterocycles. The number of para-hydroxylation sites is 1. The summed E-state index contributed by atoms with van der Waals surface area (Å²) in [5.74, 6) is 5.29. The van der Waals surface area contributed by atoms with Crippen molar-refractivity contribution in [2.75, 3.05) is 24.6 Å². The first-order valence-electron chi connectivity index (χ1n) is 13.3. The van der Waals surface area contributed by atoms with Crippen LogP contribution in [0.25, 0.3) is 11.3 Å². The summed E-state index contributed by atoms with van der Waals surface area (Å²) in [7, 11) is 0. The first kappa shape index (κ1) is 27.6. The number of halogens is 3. The van der Waals surface area contributed by atoms with E-state index in [1.807, 2.05) is 24.3 Å². The molecule has 0 bridgehead atoms. The van der Waals surface area contributed by atoms with Crippen LogP contribution in [0.15, 0.2) is 53.1 Å². The van der Waals surface area contributed by atoms with Gasteiger partial charge in [-0.05, 0) is 69.0 Å². The van der Waals surface area contributed by atoms with Gasteiger partial charge in [0.15, 0.2) is 0 Å². The molecule has 0 unspecified atom stereocenters. The average Bonchev–Trinajstić information content (AvgIpc) is 3.70. The highest BCUT2D eigenvalue weighted by atomic mass is 19.4. The lowest BCUT2D eigenvalue weighted by Gasteiger charge is -2.33. The molecule has 0 radical (unpaired) electrons. The minimum absolute atomic E-state index is 0.0116. The fourth-order valence-corrected chi connectivity index (χ4v) is 4.74. The molecule has 1 aliphatic heterocycles. The van der Waals surface area contributed by atoms with Crippen molar-refractivity contribution in [2.24, 2.45) is 0 Å². The van der Waals surface area contributed by atoms with Crippen molar-refractivity contribution in [1.82, 2.24) is 5.16 Å². The van der Waals surface area contributed by atoms with Gasteiger partial charge in [-0.15, -0.1) is 13.2 Å². The zero-order valence-electron chi connectivity index (χ0n) is 22.0. The molecule has 7 nitrogen and oxygen atoms in total. The lowest BCUT2D eigenvalue weighted by atomic mass is 10.0. The van der Waals surface area contributed by atoms with Crippen molar-refractivity contribution in [3.05, 3.63) is 65.4 Å². The van der Waals surface area contributed by atoms with Crippen LogP contribution in [0, 0.1) is 11.8 Å². The van der Waals surface area contributed by atoms with E-state index in [1.54, 1.807) is 19.1 Å². The summed E-state index contributed by atoms with van der Waals surface area (Å²) in [4.78, 5) is 13.7. The van der Waals surface area contributed by atoms with Gasteiger partial charge in [-0.3, -0.25) is 0 Å². The molecule has 10 heteroatoms. The summed E-state index contributed by atoms with van der Waals surface area (Å²) in [6.45, 7) is 3.79. The predicted octanol–water partition coefficient (Wildman–Crippen LogP) is 6.22. The Morgan fingerprint density at radius 1 is 1.07 bits per heavy atom. The van der Waals surface area contributed by atoms with Gasteiger partial charge in [-0.2, -0.15) is 0 Å². The van der Waals surface area contributed by atoms with Gasteiger partial charge in [-0.25, -0.2) is 4.79 Å². The van der Waals surface area contributed by atoms with E-state index in [0.29, 0.717) is 23.6 Å². The van der Waals surface area contributed by atoms with Crippen LogP contribution in [0.3, 0.4) is 0 Å². The topological polar surface area (TPSA) is 74.0 Å². The maximum atomic E-state index is 13.0. The molecule has 0 amide bonds. The molecule has 5 rings (SSSR count). The molecule has 2 fully saturated rings. The number of alkyl halides is 3. The zero-order valence-corrected chi connectivity index (χ0v) is 22.0. The Labute approximate surface area is 230 Å².